The van der Waals surface area contributed by atoms with Crippen LogP contribution in [-0.2, 0) is 5.41 Å². The van der Waals surface area contributed by atoms with Crippen LogP contribution in [0.5, 0.6) is 0 Å². The van der Waals surface area contributed by atoms with E-state index in [9.17, 15) is 0 Å². The highest BCUT2D eigenvalue weighted by atomic mass is 16.3. The quantitative estimate of drug-likeness (QED) is 0.220. The van der Waals surface area contributed by atoms with Gasteiger partial charge < -0.3 is 9.73 Å². The van der Waals surface area contributed by atoms with E-state index in [1.165, 1.54) is 22.3 Å². The lowest BCUT2D eigenvalue weighted by Gasteiger charge is -2.21. The first-order chi connectivity index (χ1) is 22.6. The third-order valence-corrected chi connectivity index (χ3v) is 9.49. The van der Waals surface area contributed by atoms with Crippen molar-refractivity contribution < 1.29 is 4.42 Å². The smallest absolute Gasteiger partial charge is 0.158 e. The van der Waals surface area contributed by atoms with E-state index < -0.39 is 0 Å². The first-order valence-electron chi connectivity index (χ1n) is 16.0. The Morgan fingerprint density at radius 2 is 1.20 bits per heavy atom. The van der Waals surface area contributed by atoms with E-state index in [0.717, 1.165) is 44.4 Å². The first kappa shape index (κ1) is 27.9. The van der Waals surface area contributed by atoms with Crippen LogP contribution < -0.4 is 5.32 Å². The van der Waals surface area contributed by atoms with Crippen LogP contribution in [0.2, 0.25) is 0 Å². The molecule has 1 aromatic heterocycles. The van der Waals surface area contributed by atoms with Crippen molar-refractivity contribution in [3.63, 3.8) is 0 Å². The molecular formula is C44H35NO. The summed E-state index contributed by atoms with van der Waals surface area (Å²) in [4.78, 5) is 0. The molecule has 1 atom stereocenters. The molecule has 6 aromatic carbocycles. The summed E-state index contributed by atoms with van der Waals surface area (Å²) in [7, 11) is 0. The van der Waals surface area contributed by atoms with Gasteiger partial charge in [0.05, 0.1) is 5.69 Å². The molecule has 0 radical (unpaired) electrons. The van der Waals surface area contributed by atoms with Crippen LogP contribution >= 0.6 is 0 Å². The van der Waals surface area contributed by atoms with E-state index in [0.29, 0.717) is 5.92 Å². The standard InChI is InChI=1S/C30H21NO.C14H14/c1-3-9-21(10-4-1)22-17-19-24(20-18-22)31-28-16-8-15-27-26-14-7-13-25(29(26)32-30(27)28)23-11-5-2-6-12-23;1-14(2)12-8-4-3-6-10(12)11-7-5-9-13(11)14/h1-20,31H;3-9,11H,1-2H3. The zero-order valence-corrected chi connectivity index (χ0v) is 26.1. The summed E-state index contributed by atoms with van der Waals surface area (Å²) in [5.74, 6) is 0.557. The number of benzene rings is 6. The van der Waals surface area contributed by atoms with Crippen molar-refractivity contribution in [3.05, 3.63) is 181 Å². The van der Waals surface area contributed by atoms with E-state index in [1.807, 2.05) is 12.1 Å². The Bertz CT molecular complexity index is 2240. The Morgan fingerprint density at radius 3 is 1.96 bits per heavy atom. The Kier molecular flexibility index (Phi) is 6.92. The van der Waals surface area contributed by atoms with Crippen molar-refractivity contribution in [3.8, 4) is 22.3 Å². The van der Waals surface area contributed by atoms with Gasteiger partial charge in [-0.3, -0.25) is 0 Å². The predicted molar refractivity (Wildman–Crippen MR) is 194 cm³/mol. The second kappa shape index (κ2) is 11.4. The molecule has 1 unspecified atom stereocenters. The van der Waals surface area contributed by atoms with Gasteiger partial charge in [0.1, 0.15) is 5.58 Å². The molecule has 0 amide bonds. The van der Waals surface area contributed by atoms with Crippen molar-refractivity contribution >= 4 is 33.3 Å². The number of rotatable bonds is 4. The fourth-order valence-corrected chi connectivity index (χ4v) is 7.13. The summed E-state index contributed by atoms with van der Waals surface area (Å²) in [6, 6.07) is 50.8. The van der Waals surface area contributed by atoms with Crippen molar-refractivity contribution in [2.45, 2.75) is 25.2 Å². The molecule has 222 valence electrons. The minimum Gasteiger partial charge on any atom is -0.453 e. The van der Waals surface area contributed by atoms with Gasteiger partial charge in [-0.1, -0.05) is 159 Å². The summed E-state index contributed by atoms with van der Waals surface area (Å²) < 4.78 is 6.47. The molecule has 9 rings (SSSR count). The maximum Gasteiger partial charge on any atom is 0.158 e. The van der Waals surface area contributed by atoms with Crippen LogP contribution in [0.15, 0.2) is 174 Å². The van der Waals surface area contributed by atoms with Crippen LogP contribution in [0.4, 0.5) is 11.4 Å². The Balaban J connectivity index is 0.000000185. The van der Waals surface area contributed by atoms with Crippen LogP contribution in [0.3, 0.4) is 0 Å². The number of fused-ring (bicyclic) bond motifs is 6. The first-order valence-corrected chi connectivity index (χ1v) is 16.0. The number of hydrogen-bond donors (Lipinski definition) is 1. The highest BCUT2D eigenvalue weighted by molar-refractivity contribution is 6.12. The second-order valence-corrected chi connectivity index (χ2v) is 12.6. The van der Waals surface area contributed by atoms with Crippen molar-refractivity contribution in [2.24, 2.45) is 0 Å². The summed E-state index contributed by atoms with van der Waals surface area (Å²) in [6.07, 6.45) is 6.78. The van der Waals surface area contributed by atoms with Crippen molar-refractivity contribution in [1.82, 2.24) is 0 Å². The van der Waals surface area contributed by atoms with Crippen LogP contribution in [0.25, 0.3) is 44.2 Å². The summed E-state index contributed by atoms with van der Waals surface area (Å²) in [5, 5.41) is 5.80. The van der Waals surface area contributed by atoms with Crippen LogP contribution in [-0.4, -0.2) is 0 Å². The number of anilines is 2. The largest absolute Gasteiger partial charge is 0.453 e. The third kappa shape index (κ3) is 4.83. The van der Waals surface area contributed by atoms with Gasteiger partial charge in [-0.25, -0.2) is 0 Å². The number of allylic oxidation sites excluding steroid dienone is 4. The lowest BCUT2D eigenvalue weighted by molar-refractivity contribution is 0.638. The van der Waals surface area contributed by atoms with Crippen LogP contribution in [0.1, 0.15) is 30.9 Å². The summed E-state index contributed by atoms with van der Waals surface area (Å²) in [5.41, 5.74) is 13.2. The molecule has 1 heterocycles. The highest BCUT2D eigenvalue weighted by Crippen LogP contribution is 2.52. The van der Waals surface area contributed by atoms with E-state index in [4.69, 9.17) is 4.42 Å². The maximum atomic E-state index is 6.47. The van der Waals surface area contributed by atoms with Crippen molar-refractivity contribution in [1.29, 1.82) is 0 Å². The fourth-order valence-electron chi connectivity index (χ4n) is 7.13. The lowest BCUT2D eigenvalue weighted by atomic mass is 9.82. The molecule has 0 spiro atoms. The zero-order valence-electron chi connectivity index (χ0n) is 26.1. The Morgan fingerprint density at radius 1 is 0.565 bits per heavy atom. The third-order valence-electron chi connectivity index (χ3n) is 9.49. The van der Waals surface area contributed by atoms with Gasteiger partial charge >= 0.3 is 0 Å². The molecular weight excluding hydrogens is 558 g/mol. The average Bonchev–Trinajstić information content (AvgIpc) is 3.81. The van der Waals surface area contributed by atoms with Crippen molar-refractivity contribution in [2.75, 3.05) is 5.32 Å². The van der Waals surface area contributed by atoms with Gasteiger partial charge in [0.25, 0.3) is 0 Å². The molecule has 2 nitrogen and oxygen atoms in total. The average molecular weight is 594 g/mol. The Hall–Kier alpha value is -5.60. The highest BCUT2D eigenvalue weighted by Gasteiger charge is 2.40. The topological polar surface area (TPSA) is 25.2 Å². The van der Waals surface area contributed by atoms with Gasteiger partial charge in [0, 0.05) is 33.4 Å². The van der Waals surface area contributed by atoms with Gasteiger partial charge in [0.15, 0.2) is 5.58 Å². The number of furan rings is 1. The summed E-state index contributed by atoms with van der Waals surface area (Å²) >= 11 is 0. The summed E-state index contributed by atoms with van der Waals surface area (Å²) in [6.45, 7) is 4.65. The number of hydrogen-bond acceptors (Lipinski definition) is 2. The molecule has 2 heteroatoms. The molecule has 7 aromatic rings. The van der Waals surface area contributed by atoms with Gasteiger partial charge in [-0.2, -0.15) is 0 Å². The van der Waals surface area contributed by atoms with E-state index in [-0.39, 0.29) is 5.41 Å². The van der Waals surface area contributed by atoms with E-state index >= 15 is 0 Å². The minimum absolute atomic E-state index is 0.227. The Labute approximate surface area is 270 Å². The zero-order chi connectivity index (χ0) is 31.1. The maximum absolute atomic E-state index is 6.47. The van der Waals surface area contributed by atoms with E-state index in [1.54, 1.807) is 5.57 Å². The van der Waals surface area contributed by atoms with E-state index in [2.05, 4.69) is 171 Å². The molecule has 2 aliphatic carbocycles. The lowest BCUT2D eigenvalue weighted by Crippen LogP contribution is -2.15. The molecule has 2 aliphatic rings. The van der Waals surface area contributed by atoms with Gasteiger partial charge in [-0.15, -0.1) is 0 Å². The fraction of sp³-hybridized carbons (Fsp3) is 0.0909. The van der Waals surface area contributed by atoms with Gasteiger partial charge in [0.2, 0.25) is 0 Å². The monoisotopic (exact) mass is 593 g/mol. The number of nitrogens with one attached hydrogen (secondary N) is 1. The predicted octanol–water partition coefficient (Wildman–Crippen LogP) is 12.2. The molecule has 0 saturated carbocycles. The van der Waals surface area contributed by atoms with Gasteiger partial charge in [-0.05, 0) is 51.6 Å². The molecule has 0 bridgehead atoms. The minimum atomic E-state index is 0.227. The molecule has 0 fully saturated rings. The molecule has 1 N–H and O–H groups in total. The SMILES string of the molecule is CC1(C)C2=CC=CC2c2ccccc21.c1ccc(-c2ccc(Nc3cccc4c3oc3c(-c5ccccc5)cccc34)cc2)cc1. The second-order valence-electron chi connectivity index (χ2n) is 12.6. The normalized spacial score (nSPS) is 15.6. The molecule has 0 saturated heterocycles. The molecule has 46 heavy (non-hydrogen) atoms. The number of para-hydroxylation sites is 2. The van der Waals surface area contributed by atoms with Crippen LogP contribution in [0, 0.1) is 0 Å². The molecule has 0 aliphatic heterocycles.